The molecular formula is C7H15N3O2. The molecule has 0 saturated heterocycles. The molecule has 0 fully saturated rings. The molecule has 12 heavy (non-hydrogen) atoms. The van der Waals surface area contributed by atoms with E-state index in [4.69, 9.17) is 5.73 Å². The first-order valence-corrected chi connectivity index (χ1v) is 3.81. The van der Waals surface area contributed by atoms with E-state index in [0.717, 1.165) is 6.54 Å². The molecule has 0 aliphatic carbocycles. The van der Waals surface area contributed by atoms with Crippen LogP contribution in [0.25, 0.3) is 0 Å². The predicted octanol–water partition coefficient (Wildman–Crippen LogP) is -1.46. The lowest BCUT2D eigenvalue weighted by Gasteiger charge is -2.14. The Morgan fingerprint density at radius 2 is 2.08 bits per heavy atom. The normalized spacial score (nSPS) is 9.50. The van der Waals surface area contributed by atoms with Crippen molar-refractivity contribution in [3.05, 3.63) is 0 Å². The third-order valence-electron chi connectivity index (χ3n) is 1.34. The highest BCUT2D eigenvalue weighted by molar-refractivity contribution is 5.84. The zero-order valence-electron chi connectivity index (χ0n) is 7.46. The number of rotatable bonds is 5. The Kier molecular flexibility index (Phi) is 5.03. The lowest BCUT2D eigenvalue weighted by molar-refractivity contribution is -0.133. The van der Waals surface area contributed by atoms with Crippen LogP contribution in [0.5, 0.6) is 0 Å². The second-order valence-corrected chi connectivity index (χ2v) is 2.50. The number of nitrogens with zero attached hydrogens (tertiary/aromatic N) is 1. The van der Waals surface area contributed by atoms with Crippen LogP contribution in [0, 0.1) is 0 Å². The minimum absolute atomic E-state index is 0.0236. The van der Waals surface area contributed by atoms with Crippen LogP contribution in [0.1, 0.15) is 6.92 Å². The van der Waals surface area contributed by atoms with Crippen LogP contribution in [0.3, 0.4) is 0 Å². The number of amides is 2. The summed E-state index contributed by atoms with van der Waals surface area (Å²) in [5, 5.41) is 2.86. The van der Waals surface area contributed by atoms with Gasteiger partial charge in [-0.1, -0.05) is 6.92 Å². The van der Waals surface area contributed by atoms with E-state index in [1.807, 2.05) is 6.92 Å². The maximum atomic E-state index is 11.1. The molecule has 0 bridgehead atoms. The van der Waals surface area contributed by atoms with Gasteiger partial charge >= 0.3 is 0 Å². The van der Waals surface area contributed by atoms with Gasteiger partial charge in [-0.05, 0) is 6.54 Å². The van der Waals surface area contributed by atoms with Crippen LogP contribution in [0.15, 0.2) is 0 Å². The van der Waals surface area contributed by atoms with Gasteiger partial charge in [-0.2, -0.15) is 0 Å². The molecular weight excluding hydrogens is 158 g/mol. The summed E-state index contributed by atoms with van der Waals surface area (Å²) in [4.78, 5) is 22.8. The van der Waals surface area contributed by atoms with Gasteiger partial charge in [-0.15, -0.1) is 0 Å². The van der Waals surface area contributed by atoms with Gasteiger partial charge < -0.3 is 16.0 Å². The first kappa shape index (κ1) is 10.9. The van der Waals surface area contributed by atoms with Crippen LogP contribution in [0.4, 0.5) is 0 Å². The molecule has 0 aliphatic rings. The summed E-state index contributed by atoms with van der Waals surface area (Å²) in [5.41, 5.74) is 4.91. The summed E-state index contributed by atoms with van der Waals surface area (Å²) in [6.45, 7) is 2.86. The Labute approximate surface area is 71.9 Å². The van der Waals surface area contributed by atoms with Crippen LogP contribution in [-0.4, -0.2) is 43.4 Å². The highest BCUT2D eigenvalue weighted by Gasteiger charge is 2.08. The molecule has 0 saturated carbocycles. The summed E-state index contributed by atoms with van der Waals surface area (Å²) < 4.78 is 0. The lowest BCUT2D eigenvalue weighted by Crippen LogP contribution is -2.40. The van der Waals surface area contributed by atoms with Gasteiger partial charge in [0.2, 0.25) is 11.8 Å². The van der Waals surface area contributed by atoms with Crippen molar-refractivity contribution in [1.29, 1.82) is 0 Å². The summed E-state index contributed by atoms with van der Waals surface area (Å²) >= 11 is 0. The molecule has 5 heteroatoms. The van der Waals surface area contributed by atoms with Crippen LogP contribution >= 0.6 is 0 Å². The molecule has 0 aromatic heterocycles. The van der Waals surface area contributed by atoms with E-state index in [1.54, 1.807) is 7.05 Å². The van der Waals surface area contributed by atoms with Crippen molar-refractivity contribution in [3.63, 3.8) is 0 Å². The van der Waals surface area contributed by atoms with Crippen molar-refractivity contribution in [2.75, 3.05) is 26.7 Å². The average Bonchev–Trinajstić information content (AvgIpc) is 1.98. The fraction of sp³-hybridized carbons (Fsp3) is 0.714. The van der Waals surface area contributed by atoms with Gasteiger partial charge in [0.15, 0.2) is 0 Å². The van der Waals surface area contributed by atoms with Crippen molar-refractivity contribution in [1.82, 2.24) is 10.2 Å². The lowest BCUT2D eigenvalue weighted by atomic mass is 10.4. The van der Waals surface area contributed by atoms with E-state index < -0.39 is 5.91 Å². The number of hydrogen-bond acceptors (Lipinski definition) is 3. The minimum Gasteiger partial charge on any atom is -0.368 e. The highest BCUT2D eigenvalue weighted by atomic mass is 16.2. The molecule has 70 valence electrons. The van der Waals surface area contributed by atoms with Crippen molar-refractivity contribution < 1.29 is 9.59 Å². The van der Waals surface area contributed by atoms with E-state index in [0.29, 0.717) is 0 Å². The van der Waals surface area contributed by atoms with Crippen molar-refractivity contribution in [2.45, 2.75) is 6.92 Å². The fourth-order valence-corrected chi connectivity index (χ4v) is 0.689. The molecule has 0 aromatic rings. The largest absolute Gasteiger partial charge is 0.368 e. The number of primary amides is 1. The number of carbonyl (C=O) groups is 2. The monoisotopic (exact) mass is 173 g/mol. The SMILES string of the molecule is CCNCC(=O)N(C)CC(N)=O. The number of nitrogens with two attached hydrogens (primary N) is 1. The molecule has 0 radical (unpaired) electrons. The Morgan fingerprint density at radius 3 is 2.50 bits per heavy atom. The smallest absolute Gasteiger partial charge is 0.237 e. The third-order valence-corrected chi connectivity index (χ3v) is 1.34. The number of hydrogen-bond donors (Lipinski definition) is 2. The summed E-state index contributed by atoms with van der Waals surface area (Å²) in [6.07, 6.45) is 0. The Bertz CT molecular complexity index is 170. The predicted molar refractivity (Wildman–Crippen MR) is 45.4 cm³/mol. The van der Waals surface area contributed by atoms with E-state index in [-0.39, 0.29) is 19.0 Å². The molecule has 2 amide bonds. The van der Waals surface area contributed by atoms with E-state index >= 15 is 0 Å². The average molecular weight is 173 g/mol. The Hall–Kier alpha value is -1.10. The van der Waals surface area contributed by atoms with Gasteiger partial charge in [-0.25, -0.2) is 0 Å². The van der Waals surface area contributed by atoms with Gasteiger partial charge in [0.05, 0.1) is 13.1 Å². The van der Waals surface area contributed by atoms with Crippen LogP contribution in [-0.2, 0) is 9.59 Å². The molecule has 0 rings (SSSR count). The van der Waals surface area contributed by atoms with Crippen molar-refractivity contribution in [3.8, 4) is 0 Å². The highest BCUT2D eigenvalue weighted by Crippen LogP contribution is 1.81. The van der Waals surface area contributed by atoms with Gasteiger partial charge in [0, 0.05) is 7.05 Å². The Balaban J connectivity index is 3.69. The maximum Gasteiger partial charge on any atom is 0.237 e. The standard InChI is InChI=1S/C7H15N3O2/c1-3-9-4-7(12)10(2)5-6(8)11/h9H,3-5H2,1-2H3,(H2,8,11). The van der Waals surface area contributed by atoms with Gasteiger partial charge in [0.1, 0.15) is 0 Å². The molecule has 0 aromatic carbocycles. The number of nitrogens with one attached hydrogen (secondary N) is 1. The maximum absolute atomic E-state index is 11.1. The van der Waals surface area contributed by atoms with Crippen LogP contribution < -0.4 is 11.1 Å². The van der Waals surface area contributed by atoms with Crippen molar-refractivity contribution >= 4 is 11.8 Å². The van der Waals surface area contributed by atoms with Crippen molar-refractivity contribution in [2.24, 2.45) is 5.73 Å². The summed E-state index contributed by atoms with van der Waals surface area (Å²) in [6, 6.07) is 0. The zero-order chi connectivity index (χ0) is 9.56. The molecule has 0 unspecified atom stereocenters. The van der Waals surface area contributed by atoms with E-state index in [1.165, 1.54) is 4.90 Å². The minimum atomic E-state index is -0.498. The molecule has 5 nitrogen and oxygen atoms in total. The molecule has 3 N–H and O–H groups in total. The quantitative estimate of drug-likeness (QED) is 0.533. The summed E-state index contributed by atoms with van der Waals surface area (Å²) in [5.74, 6) is -0.627. The summed E-state index contributed by atoms with van der Waals surface area (Å²) in [7, 11) is 1.55. The fourth-order valence-electron chi connectivity index (χ4n) is 0.689. The van der Waals surface area contributed by atoms with Crippen LogP contribution in [0.2, 0.25) is 0 Å². The third kappa shape index (κ3) is 4.68. The first-order valence-electron chi connectivity index (χ1n) is 3.81. The van der Waals surface area contributed by atoms with Gasteiger partial charge in [0.25, 0.3) is 0 Å². The molecule has 0 spiro atoms. The van der Waals surface area contributed by atoms with Gasteiger partial charge in [-0.3, -0.25) is 9.59 Å². The molecule has 0 aliphatic heterocycles. The molecule has 0 atom stereocenters. The number of likely N-dealkylation sites (N-methyl/N-ethyl adjacent to an activating group) is 2. The zero-order valence-corrected chi connectivity index (χ0v) is 7.46. The van der Waals surface area contributed by atoms with E-state index in [2.05, 4.69) is 5.32 Å². The van der Waals surface area contributed by atoms with E-state index in [9.17, 15) is 9.59 Å². The topological polar surface area (TPSA) is 75.4 Å². The number of carbonyl (C=O) groups excluding carboxylic acids is 2. The Morgan fingerprint density at radius 1 is 1.50 bits per heavy atom. The molecule has 0 heterocycles. The second kappa shape index (κ2) is 5.54. The second-order valence-electron chi connectivity index (χ2n) is 2.50. The first-order chi connectivity index (χ1) is 5.57.